The maximum absolute atomic E-state index is 12.6. The molecule has 5 aromatic rings. The second-order valence-corrected chi connectivity index (χ2v) is 9.65. The summed E-state index contributed by atoms with van der Waals surface area (Å²) in [6.07, 6.45) is 1.46. The molecule has 1 heterocycles. The highest BCUT2D eigenvalue weighted by Gasteiger charge is 2.17. The molecule has 7 nitrogen and oxygen atoms in total. The first-order valence-corrected chi connectivity index (χ1v) is 12.8. The number of amides is 1. The van der Waals surface area contributed by atoms with Gasteiger partial charge in [-0.3, -0.25) is 9.36 Å². The van der Waals surface area contributed by atoms with Gasteiger partial charge in [0.05, 0.1) is 12.0 Å². The van der Waals surface area contributed by atoms with E-state index in [1.165, 1.54) is 18.0 Å². The number of phenolic OH excluding ortho intramolecular Hbond substituents is 1. The number of aromatic hydroxyl groups is 1. The van der Waals surface area contributed by atoms with Gasteiger partial charge in [-0.15, -0.1) is 10.2 Å². The lowest BCUT2D eigenvalue weighted by atomic mass is 10.0. The second kappa shape index (κ2) is 10.8. The standard InChI is InChI=1S/C27H20BrN5O2S/c28-20-9-6-8-19(15-20)26-31-32-27(33(26)21-10-2-1-3-11-21)36-17-25(35)30-29-16-23-22-12-5-4-7-18(22)13-14-24(23)34/h1-16,34H,17H2,(H,30,35)/b29-16-. The molecule has 9 heteroatoms. The minimum absolute atomic E-state index is 0.0856. The average molecular weight is 558 g/mol. The fraction of sp³-hybridized carbons (Fsp3) is 0.0370. The number of hydrogen-bond acceptors (Lipinski definition) is 6. The highest BCUT2D eigenvalue weighted by atomic mass is 79.9. The Morgan fingerprint density at radius 1 is 1.00 bits per heavy atom. The van der Waals surface area contributed by atoms with Crippen LogP contribution in [0.25, 0.3) is 27.8 Å². The molecule has 0 unspecified atom stereocenters. The van der Waals surface area contributed by atoms with Gasteiger partial charge < -0.3 is 5.11 Å². The maximum Gasteiger partial charge on any atom is 0.250 e. The van der Waals surface area contributed by atoms with E-state index in [1.807, 2.05) is 89.5 Å². The number of nitrogens with zero attached hydrogens (tertiary/aromatic N) is 4. The van der Waals surface area contributed by atoms with Gasteiger partial charge in [-0.1, -0.05) is 88.4 Å². The summed E-state index contributed by atoms with van der Waals surface area (Å²) in [5, 5.41) is 25.5. The van der Waals surface area contributed by atoms with Crippen LogP contribution in [0.1, 0.15) is 5.56 Å². The molecule has 0 radical (unpaired) electrons. The molecule has 0 aliphatic rings. The van der Waals surface area contributed by atoms with Gasteiger partial charge in [0.25, 0.3) is 5.91 Å². The number of aromatic nitrogens is 3. The van der Waals surface area contributed by atoms with E-state index in [-0.39, 0.29) is 17.4 Å². The van der Waals surface area contributed by atoms with E-state index in [9.17, 15) is 9.90 Å². The molecule has 1 aromatic heterocycles. The van der Waals surface area contributed by atoms with E-state index in [1.54, 1.807) is 6.07 Å². The molecular weight excluding hydrogens is 538 g/mol. The van der Waals surface area contributed by atoms with Gasteiger partial charge in [0, 0.05) is 21.3 Å². The Morgan fingerprint density at radius 3 is 2.64 bits per heavy atom. The Kier molecular flexibility index (Phi) is 7.11. The molecule has 0 saturated heterocycles. The third kappa shape index (κ3) is 5.17. The summed E-state index contributed by atoms with van der Waals surface area (Å²) in [5.74, 6) is 0.553. The number of hydrazone groups is 1. The topological polar surface area (TPSA) is 92.4 Å². The SMILES string of the molecule is O=C(CSc1nnc(-c2cccc(Br)c2)n1-c1ccccc1)N/N=C\c1c(O)ccc2ccccc12. The molecule has 36 heavy (non-hydrogen) atoms. The van der Waals surface area contributed by atoms with E-state index in [2.05, 4.69) is 36.7 Å². The number of benzene rings is 4. The Balaban J connectivity index is 1.33. The quantitative estimate of drug-likeness (QED) is 0.150. The lowest BCUT2D eigenvalue weighted by Gasteiger charge is -2.10. The van der Waals surface area contributed by atoms with Crippen molar-refractivity contribution in [2.45, 2.75) is 5.16 Å². The minimum Gasteiger partial charge on any atom is -0.507 e. The first-order valence-electron chi connectivity index (χ1n) is 11.0. The minimum atomic E-state index is -0.303. The second-order valence-electron chi connectivity index (χ2n) is 7.79. The number of nitrogens with one attached hydrogen (secondary N) is 1. The zero-order chi connectivity index (χ0) is 24.9. The van der Waals surface area contributed by atoms with Crippen molar-refractivity contribution in [2.75, 3.05) is 5.75 Å². The van der Waals surface area contributed by atoms with Gasteiger partial charge in [0.1, 0.15) is 5.75 Å². The monoisotopic (exact) mass is 557 g/mol. The van der Waals surface area contributed by atoms with Crippen LogP contribution in [0.5, 0.6) is 5.75 Å². The van der Waals surface area contributed by atoms with Gasteiger partial charge in [-0.25, -0.2) is 5.43 Å². The summed E-state index contributed by atoms with van der Waals surface area (Å²) in [4.78, 5) is 12.6. The molecular formula is C27H20BrN5O2S. The largest absolute Gasteiger partial charge is 0.507 e. The zero-order valence-corrected chi connectivity index (χ0v) is 21.3. The maximum atomic E-state index is 12.6. The molecule has 1 amide bonds. The predicted octanol–water partition coefficient (Wildman–Crippen LogP) is 5.80. The van der Waals surface area contributed by atoms with E-state index < -0.39 is 0 Å². The molecule has 0 aliphatic carbocycles. The van der Waals surface area contributed by atoms with Crippen LogP contribution in [-0.4, -0.2) is 37.7 Å². The van der Waals surface area contributed by atoms with Crippen molar-refractivity contribution in [3.8, 4) is 22.8 Å². The Morgan fingerprint density at radius 2 is 1.81 bits per heavy atom. The number of thioether (sulfide) groups is 1. The van der Waals surface area contributed by atoms with Gasteiger partial charge >= 0.3 is 0 Å². The molecule has 0 aliphatic heterocycles. The Hall–Kier alpha value is -3.95. The summed E-state index contributed by atoms with van der Waals surface area (Å²) in [6.45, 7) is 0. The number of phenols is 1. The molecule has 0 spiro atoms. The summed E-state index contributed by atoms with van der Waals surface area (Å²) in [7, 11) is 0. The van der Waals surface area contributed by atoms with Crippen LogP contribution in [-0.2, 0) is 4.79 Å². The van der Waals surface area contributed by atoms with Crippen molar-refractivity contribution in [2.24, 2.45) is 5.10 Å². The molecule has 0 atom stereocenters. The van der Waals surface area contributed by atoms with E-state index in [0.29, 0.717) is 16.5 Å². The van der Waals surface area contributed by atoms with E-state index in [4.69, 9.17) is 0 Å². The van der Waals surface area contributed by atoms with E-state index >= 15 is 0 Å². The van der Waals surface area contributed by atoms with E-state index in [0.717, 1.165) is 26.5 Å². The van der Waals surface area contributed by atoms with Gasteiger partial charge in [0.2, 0.25) is 0 Å². The number of para-hydroxylation sites is 1. The van der Waals surface area contributed by atoms with Crippen molar-refractivity contribution in [1.29, 1.82) is 0 Å². The molecule has 0 fully saturated rings. The van der Waals surface area contributed by atoms with Gasteiger partial charge in [0.15, 0.2) is 11.0 Å². The normalized spacial score (nSPS) is 11.2. The van der Waals surface area contributed by atoms with Crippen molar-refractivity contribution in [3.63, 3.8) is 0 Å². The number of hydrogen-bond donors (Lipinski definition) is 2. The highest BCUT2D eigenvalue weighted by Crippen LogP contribution is 2.29. The van der Waals surface area contributed by atoms with Crippen molar-refractivity contribution < 1.29 is 9.90 Å². The van der Waals surface area contributed by atoms with Gasteiger partial charge in [-0.2, -0.15) is 5.10 Å². The summed E-state index contributed by atoms with van der Waals surface area (Å²) >= 11 is 4.77. The van der Waals surface area contributed by atoms with Crippen LogP contribution < -0.4 is 5.43 Å². The Labute approximate surface area is 220 Å². The van der Waals surface area contributed by atoms with Crippen LogP contribution in [0.2, 0.25) is 0 Å². The van der Waals surface area contributed by atoms with Crippen molar-refractivity contribution in [3.05, 3.63) is 101 Å². The van der Waals surface area contributed by atoms with Gasteiger partial charge in [-0.05, 0) is 41.1 Å². The number of carbonyl (C=O) groups is 1. The number of halogens is 1. The Bertz CT molecular complexity index is 1570. The average Bonchev–Trinajstić information content (AvgIpc) is 3.33. The zero-order valence-electron chi connectivity index (χ0n) is 18.9. The molecule has 2 N–H and O–H groups in total. The fourth-order valence-electron chi connectivity index (χ4n) is 3.74. The predicted molar refractivity (Wildman–Crippen MR) is 147 cm³/mol. The first-order chi connectivity index (χ1) is 17.6. The number of carbonyl (C=O) groups excluding carboxylic acids is 1. The molecule has 0 bridgehead atoms. The molecule has 178 valence electrons. The summed E-state index contributed by atoms with van der Waals surface area (Å²) in [6, 6.07) is 28.7. The summed E-state index contributed by atoms with van der Waals surface area (Å²) in [5.41, 5.74) is 4.87. The first kappa shape index (κ1) is 23.8. The lowest BCUT2D eigenvalue weighted by molar-refractivity contribution is -0.118. The number of fused-ring (bicyclic) bond motifs is 1. The van der Waals surface area contributed by atoms with Crippen LogP contribution in [0.3, 0.4) is 0 Å². The lowest BCUT2D eigenvalue weighted by Crippen LogP contribution is -2.20. The highest BCUT2D eigenvalue weighted by molar-refractivity contribution is 9.10. The third-order valence-electron chi connectivity index (χ3n) is 5.39. The van der Waals surface area contributed by atoms with Crippen LogP contribution in [0, 0.1) is 0 Å². The van der Waals surface area contributed by atoms with Crippen LogP contribution in [0.4, 0.5) is 0 Å². The summed E-state index contributed by atoms with van der Waals surface area (Å²) < 4.78 is 2.86. The van der Waals surface area contributed by atoms with Crippen LogP contribution in [0.15, 0.2) is 106 Å². The molecule has 4 aromatic carbocycles. The van der Waals surface area contributed by atoms with Crippen molar-refractivity contribution >= 4 is 50.6 Å². The smallest absolute Gasteiger partial charge is 0.250 e. The molecule has 5 rings (SSSR count). The number of rotatable bonds is 7. The molecule has 0 saturated carbocycles. The van der Waals surface area contributed by atoms with Crippen molar-refractivity contribution in [1.82, 2.24) is 20.2 Å². The third-order valence-corrected chi connectivity index (χ3v) is 6.82. The fourth-order valence-corrected chi connectivity index (χ4v) is 4.88. The van der Waals surface area contributed by atoms with Crippen LogP contribution >= 0.6 is 27.7 Å².